The molecule has 0 unspecified atom stereocenters. The third-order valence-corrected chi connectivity index (χ3v) is 6.37. The molecule has 0 atom stereocenters. The third kappa shape index (κ3) is 5.95. The van der Waals surface area contributed by atoms with Crippen molar-refractivity contribution in [1.29, 1.82) is 5.26 Å². The first-order chi connectivity index (χ1) is 16.8. The number of nitrogens with zero attached hydrogens (tertiary/aromatic N) is 7. The molecule has 178 valence electrons. The van der Waals surface area contributed by atoms with E-state index in [0.29, 0.717) is 15.6 Å². The highest BCUT2D eigenvalue weighted by atomic mass is 35.5. The molecule has 4 aromatic rings. The molecule has 2 N–H and O–H groups in total. The van der Waals surface area contributed by atoms with Crippen LogP contribution in [-0.2, 0) is 24.9 Å². The highest BCUT2D eigenvalue weighted by Crippen LogP contribution is 2.32. The van der Waals surface area contributed by atoms with Crippen molar-refractivity contribution in [3.8, 4) is 17.3 Å². The Hall–Kier alpha value is -3.95. The van der Waals surface area contributed by atoms with E-state index in [1.54, 1.807) is 24.0 Å². The molecule has 0 aliphatic heterocycles. The van der Waals surface area contributed by atoms with Crippen LogP contribution in [0.2, 0.25) is 5.02 Å². The lowest BCUT2D eigenvalue weighted by Crippen LogP contribution is -2.32. The molecule has 13 heteroatoms. The Bertz CT molecular complexity index is 1420. The number of carbonyl (C=O) groups excluding carboxylic acids is 1. The zero-order valence-electron chi connectivity index (χ0n) is 18.4. The summed E-state index contributed by atoms with van der Waals surface area (Å²) < 4.78 is 21.3. The lowest BCUT2D eigenvalue weighted by Gasteiger charge is -2.21. The number of benzene rings is 2. The van der Waals surface area contributed by atoms with Gasteiger partial charge in [-0.1, -0.05) is 34.0 Å². The van der Waals surface area contributed by atoms with Crippen LogP contribution in [0.5, 0.6) is 0 Å². The summed E-state index contributed by atoms with van der Waals surface area (Å²) in [4.78, 5) is 15.2. The highest BCUT2D eigenvalue weighted by molar-refractivity contribution is 8.00. The Morgan fingerprint density at radius 2 is 2.09 bits per heavy atom. The molecule has 2 heterocycles. The molecule has 35 heavy (non-hydrogen) atoms. The van der Waals surface area contributed by atoms with Gasteiger partial charge in [0, 0.05) is 29.6 Å². The zero-order chi connectivity index (χ0) is 24.9. The first-order valence-corrected chi connectivity index (χ1v) is 11.5. The van der Waals surface area contributed by atoms with E-state index in [4.69, 9.17) is 27.0 Å². The van der Waals surface area contributed by atoms with Crippen molar-refractivity contribution in [2.45, 2.75) is 18.0 Å². The maximum atomic E-state index is 14.5. The fourth-order valence-corrected chi connectivity index (χ4v) is 4.32. The fraction of sp³-hybridized carbons (Fsp3) is 0.182. The molecule has 0 aliphatic rings. The third-order valence-electron chi connectivity index (χ3n) is 4.89. The van der Waals surface area contributed by atoms with E-state index in [2.05, 4.69) is 20.5 Å². The van der Waals surface area contributed by atoms with Crippen molar-refractivity contribution in [2.24, 2.45) is 7.05 Å². The van der Waals surface area contributed by atoms with Crippen LogP contribution in [-0.4, -0.2) is 41.8 Å². The van der Waals surface area contributed by atoms with E-state index >= 15 is 0 Å². The number of rotatable bonds is 8. The summed E-state index contributed by atoms with van der Waals surface area (Å²) in [6, 6.07) is 11.2. The maximum Gasteiger partial charge on any atom is 0.312 e. The number of halogens is 2. The molecule has 0 radical (unpaired) electrons. The maximum absolute atomic E-state index is 14.5. The van der Waals surface area contributed by atoms with Gasteiger partial charge in [-0.05, 0) is 24.3 Å². The van der Waals surface area contributed by atoms with Gasteiger partial charge in [0.15, 0.2) is 0 Å². The predicted molar refractivity (Wildman–Crippen MR) is 126 cm³/mol. The summed E-state index contributed by atoms with van der Waals surface area (Å²) >= 11 is 7.58. The lowest BCUT2D eigenvalue weighted by atomic mass is 10.1. The molecule has 1 amide bonds. The minimum atomic E-state index is -0.598. The Balaban J connectivity index is 1.52. The number of nitriles is 1. The van der Waals surface area contributed by atoms with Gasteiger partial charge in [-0.2, -0.15) is 5.26 Å². The van der Waals surface area contributed by atoms with Crippen molar-refractivity contribution < 1.29 is 13.6 Å². The smallest absolute Gasteiger partial charge is 0.312 e. The lowest BCUT2D eigenvalue weighted by molar-refractivity contribution is -0.129. The summed E-state index contributed by atoms with van der Waals surface area (Å²) in [5.41, 5.74) is 7.38. The first kappa shape index (κ1) is 24.2. The van der Waals surface area contributed by atoms with E-state index in [1.165, 1.54) is 28.8 Å². The molecule has 0 spiro atoms. The normalized spacial score (nSPS) is 10.8. The van der Waals surface area contributed by atoms with Gasteiger partial charge in [0.05, 0.1) is 35.1 Å². The number of aromatic nitrogens is 5. The van der Waals surface area contributed by atoms with Crippen LogP contribution in [0, 0.1) is 17.1 Å². The van der Waals surface area contributed by atoms with Crippen molar-refractivity contribution >= 4 is 35.3 Å². The number of hydrogen-bond acceptors (Lipinski definition) is 9. The number of carbonyl (C=O) groups is 1. The fourth-order valence-electron chi connectivity index (χ4n) is 3.16. The predicted octanol–water partition coefficient (Wildman–Crippen LogP) is 3.43. The molecule has 0 aliphatic carbocycles. The van der Waals surface area contributed by atoms with Crippen LogP contribution in [0.3, 0.4) is 0 Å². The van der Waals surface area contributed by atoms with Crippen LogP contribution in [0.1, 0.15) is 17.0 Å². The minimum absolute atomic E-state index is 0.00512. The molecule has 0 fully saturated rings. The Labute approximate surface area is 208 Å². The molecular formula is C22H18ClFN8O2S. The topological polar surface area (TPSA) is 140 Å². The molecular weight excluding hydrogens is 495 g/mol. The molecule has 2 aromatic heterocycles. The second-order valence-electron chi connectivity index (χ2n) is 7.41. The van der Waals surface area contributed by atoms with Gasteiger partial charge in [-0.3, -0.25) is 9.48 Å². The number of nitrogen functional groups attached to an aromatic ring is 1. The van der Waals surface area contributed by atoms with E-state index in [-0.39, 0.29) is 47.8 Å². The van der Waals surface area contributed by atoms with E-state index < -0.39 is 5.82 Å². The minimum Gasteiger partial charge on any atom is -0.406 e. The standard InChI is InChI=1S/C22H18ClFN8O2S/c1-31-10-18(27-30-31)14-4-5-16(23)19(7-14)35-12-21(33)32(11-20-28-29-22(26)34-20)9-15-3-2-13(8-25)6-17(15)24/h2-7,10H,9,11-12H2,1H3,(H2,26,29). The van der Waals surface area contributed by atoms with Crippen LogP contribution in [0.4, 0.5) is 10.4 Å². The summed E-state index contributed by atoms with van der Waals surface area (Å²) in [6.45, 7) is -0.150. The monoisotopic (exact) mass is 512 g/mol. The Kier molecular flexibility index (Phi) is 7.28. The average molecular weight is 513 g/mol. The number of anilines is 1. The van der Waals surface area contributed by atoms with E-state index in [1.807, 2.05) is 18.2 Å². The first-order valence-electron chi connectivity index (χ1n) is 10.2. The van der Waals surface area contributed by atoms with Gasteiger partial charge in [0.25, 0.3) is 0 Å². The summed E-state index contributed by atoms with van der Waals surface area (Å²) in [5, 5.41) is 24.9. The van der Waals surface area contributed by atoms with Gasteiger partial charge in [0.2, 0.25) is 11.8 Å². The summed E-state index contributed by atoms with van der Waals surface area (Å²) in [5.74, 6) is -0.807. The van der Waals surface area contributed by atoms with Crippen molar-refractivity contribution in [2.75, 3.05) is 11.5 Å². The van der Waals surface area contributed by atoms with Crippen LogP contribution in [0.25, 0.3) is 11.3 Å². The van der Waals surface area contributed by atoms with Crippen molar-refractivity contribution in [3.05, 3.63) is 70.5 Å². The SMILES string of the molecule is Cn1cc(-c2ccc(Cl)c(SCC(=O)N(Cc3nnc(N)o3)Cc3ccc(C#N)cc3F)c2)nn1. The summed E-state index contributed by atoms with van der Waals surface area (Å²) in [6.07, 6.45) is 1.77. The number of thioether (sulfide) groups is 1. The molecule has 0 saturated heterocycles. The van der Waals surface area contributed by atoms with Crippen LogP contribution >= 0.6 is 23.4 Å². The molecule has 0 bridgehead atoms. The second-order valence-corrected chi connectivity index (χ2v) is 8.84. The van der Waals surface area contributed by atoms with Gasteiger partial charge in [-0.25, -0.2) is 4.39 Å². The van der Waals surface area contributed by atoms with Gasteiger partial charge in [0.1, 0.15) is 11.5 Å². The highest BCUT2D eigenvalue weighted by Gasteiger charge is 2.20. The molecule has 0 saturated carbocycles. The number of nitrogens with two attached hydrogens (primary N) is 1. The Morgan fingerprint density at radius 1 is 1.26 bits per heavy atom. The molecule has 10 nitrogen and oxygen atoms in total. The quantitative estimate of drug-likeness (QED) is 0.351. The van der Waals surface area contributed by atoms with Gasteiger partial charge >= 0.3 is 6.01 Å². The second kappa shape index (κ2) is 10.5. The summed E-state index contributed by atoms with van der Waals surface area (Å²) in [7, 11) is 1.77. The van der Waals surface area contributed by atoms with E-state index in [9.17, 15) is 9.18 Å². The number of hydrogen-bond donors (Lipinski definition) is 1. The van der Waals surface area contributed by atoms with Gasteiger partial charge in [-0.15, -0.1) is 22.0 Å². The van der Waals surface area contributed by atoms with Gasteiger partial charge < -0.3 is 15.1 Å². The molecule has 2 aromatic carbocycles. The average Bonchev–Trinajstić information content (AvgIpc) is 3.46. The van der Waals surface area contributed by atoms with Crippen molar-refractivity contribution in [3.63, 3.8) is 0 Å². The Morgan fingerprint density at radius 3 is 2.74 bits per heavy atom. The van der Waals surface area contributed by atoms with E-state index in [0.717, 1.165) is 11.6 Å². The molecule has 4 rings (SSSR count). The zero-order valence-corrected chi connectivity index (χ0v) is 19.9. The van der Waals surface area contributed by atoms with Crippen molar-refractivity contribution in [1.82, 2.24) is 30.1 Å². The van der Waals surface area contributed by atoms with Crippen LogP contribution in [0.15, 0.2) is 51.9 Å². The number of amides is 1. The van der Waals surface area contributed by atoms with Crippen LogP contribution < -0.4 is 5.73 Å². The number of aryl methyl sites for hydroxylation is 1. The largest absolute Gasteiger partial charge is 0.406 e.